The van der Waals surface area contributed by atoms with Crippen molar-refractivity contribution in [3.8, 4) is 22.6 Å². The van der Waals surface area contributed by atoms with Crippen LogP contribution in [0, 0.1) is 6.92 Å². The lowest BCUT2D eigenvalue weighted by Gasteiger charge is -2.08. The summed E-state index contributed by atoms with van der Waals surface area (Å²) < 4.78 is 12.1. The standard InChI is InChI=1S/C23H17N5O3/c1-15-24-22(31-26-15)14-28-23(29)20-13-17(9-12-21(20)25-27-28)16-7-10-19(11-8-16)30-18-5-3-2-4-6-18/h2-13H,14H2,1H3. The molecule has 8 heteroatoms. The van der Waals surface area contributed by atoms with Gasteiger partial charge in [0.1, 0.15) is 23.6 Å². The summed E-state index contributed by atoms with van der Waals surface area (Å²) in [7, 11) is 0. The number of rotatable bonds is 5. The number of ether oxygens (including phenoxy) is 1. The summed E-state index contributed by atoms with van der Waals surface area (Å²) in [6.07, 6.45) is 0. The first-order chi connectivity index (χ1) is 15.2. The fourth-order valence-electron chi connectivity index (χ4n) is 3.23. The molecule has 5 aromatic rings. The van der Waals surface area contributed by atoms with Crippen LogP contribution in [0.3, 0.4) is 0 Å². The van der Waals surface area contributed by atoms with E-state index in [1.165, 1.54) is 4.68 Å². The predicted molar refractivity (Wildman–Crippen MR) is 114 cm³/mol. The van der Waals surface area contributed by atoms with Crippen molar-refractivity contribution < 1.29 is 9.26 Å². The van der Waals surface area contributed by atoms with Gasteiger partial charge in [-0.25, -0.2) is 4.68 Å². The summed E-state index contributed by atoms with van der Waals surface area (Å²) in [5, 5.41) is 12.3. The van der Waals surface area contributed by atoms with Crippen molar-refractivity contribution in [2.24, 2.45) is 0 Å². The molecule has 0 amide bonds. The fourth-order valence-corrected chi connectivity index (χ4v) is 3.23. The third-order valence-electron chi connectivity index (χ3n) is 4.74. The van der Waals surface area contributed by atoms with Gasteiger partial charge in [0.05, 0.1) is 5.39 Å². The topological polar surface area (TPSA) is 95.9 Å². The van der Waals surface area contributed by atoms with Gasteiger partial charge >= 0.3 is 0 Å². The monoisotopic (exact) mass is 411 g/mol. The minimum Gasteiger partial charge on any atom is -0.457 e. The quantitative estimate of drug-likeness (QED) is 0.431. The average Bonchev–Trinajstić information content (AvgIpc) is 3.21. The number of aromatic nitrogens is 5. The summed E-state index contributed by atoms with van der Waals surface area (Å²) in [6.45, 7) is 1.78. The van der Waals surface area contributed by atoms with Gasteiger partial charge in [-0.3, -0.25) is 4.79 Å². The van der Waals surface area contributed by atoms with Crippen molar-refractivity contribution in [3.05, 3.63) is 94.9 Å². The van der Waals surface area contributed by atoms with Crippen LogP contribution in [0.15, 0.2) is 82.1 Å². The maximum Gasteiger partial charge on any atom is 0.278 e. The normalized spacial score (nSPS) is 11.0. The van der Waals surface area contributed by atoms with E-state index in [9.17, 15) is 4.79 Å². The lowest BCUT2D eigenvalue weighted by atomic mass is 10.0. The van der Waals surface area contributed by atoms with Crippen molar-refractivity contribution in [3.63, 3.8) is 0 Å². The number of para-hydroxylation sites is 1. The number of hydrogen-bond donors (Lipinski definition) is 0. The Hall–Kier alpha value is -4.33. The van der Waals surface area contributed by atoms with Crippen LogP contribution in [0.4, 0.5) is 0 Å². The molecule has 5 rings (SSSR count). The Morgan fingerprint density at radius 2 is 1.68 bits per heavy atom. The summed E-state index contributed by atoms with van der Waals surface area (Å²) >= 11 is 0. The summed E-state index contributed by atoms with van der Waals surface area (Å²) in [5.74, 6) is 2.31. The molecule has 0 fully saturated rings. The first-order valence-corrected chi connectivity index (χ1v) is 9.66. The Kier molecular flexibility index (Phi) is 4.72. The number of aryl methyl sites for hydroxylation is 1. The summed E-state index contributed by atoms with van der Waals surface area (Å²) in [4.78, 5) is 17.0. The minimum atomic E-state index is -0.272. The van der Waals surface area contributed by atoms with Gasteiger partial charge in [0.15, 0.2) is 5.82 Å². The van der Waals surface area contributed by atoms with Crippen LogP contribution in [-0.2, 0) is 6.54 Å². The first kappa shape index (κ1) is 18.7. The highest BCUT2D eigenvalue weighted by atomic mass is 16.5. The van der Waals surface area contributed by atoms with Gasteiger partial charge in [-0.1, -0.05) is 46.8 Å². The van der Waals surface area contributed by atoms with Crippen molar-refractivity contribution in [2.75, 3.05) is 0 Å². The zero-order chi connectivity index (χ0) is 21.2. The molecule has 8 nitrogen and oxygen atoms in total. The minimum absolute atomic E-state index is 0.0678. The lowest BCUT2D eigenvalue weighted by Crippen LogP contribution is -2.25. The Balaban J connectivity index is 1.44. The highest BCUT2D eigenvalue weighted by Crippen LogP contribution is 2.26. The molecule has 0 saturated heterocycles. The molecule has 0 radical (unpaired) electrons. The number of fused-ring (bicyclic) bond motifs is 1. The average molecular weight is 411 g/mol. The van der Waals surface area contributed by atoms with E-state index in [-0.39, 0.29) is 12.1 Å². The second-order valence-corrected chi connectivity index (χ2v) is 6.96. The number of nitrogens with zero attached hydrogens (tertiary/aromatic N) is 5. The molecule has 0 aliphatic carbocycles. The number of hydrogen-bond acceptors (Lipinski definition) is 7. The number of benzene rings is 3. The molecule has 0 bridgehead atoms. The van der Waals surface area contributed by atoms with E-state index in [2.05, 4.69) is 20.5 Å². The maximum atomic E-state index is 12.9. The molecule has 0 aliphatic rings. The van der Waals surface area contributed by atoms with Crippen LogP contribution in [0.1, 0.15) is 11.7 Å². The van der Waals surface area contributed by atoms with E-state index in [0.29, 0.717) is 22.6 Å². The Labute approximate surface area is 176 Å². The molecule has 0 aliphatic heterocycles. The molecule has 31 heavy (non-hydrogen) atoms. The Morgan fingerprint density at radius 3 is 2.42 bits per heavy atom. The fraction of sp³-hybridized carbons (Fsp3) is 0.0870. The van der Waals surface area contributed by atoms with E-state index in [4.69, 9.17) is 9.26 Å². The molecule has 0 spiro atoms. The van der Waals surface area contributed by atoms with Crippen LogP contribution in [-0.4, -0.2) is 25.1 Å². The van der Waals surface area contributed by atoms with E-state index < -0.39 is 0 Å². The molecule has 0 N–H and O–H groups in total. The maximum absolute atomic E-state index is 12.9. The molecular formula is C23H17N5O3. The molecular weight excluding hydrogens is 394 g/mol. The van der Waals surface area contributed by atoms with Crippen molar-refractivity contribution in [1.82, 2.24) is 25.1 Å². The van der Waals surface area contributed by atoms with Crippen LogP contribution < -0.4 is 10.3 Å². The SMILES string of the molecule is Cc1noc(Cn2nnc3ccc(-c4ccc(Oc5ccccc5)cc4)cc3c2=O)n1. The predicted octanol–water partition coefficient (Wildman–Crippen LogP) is 3.99. The summed E-state index contributed by atoms with van der Waals surface area (Å²) in [6, 6.07) is 22.8. The third-order valence-corrected chi connectivity index (χ3v) is 4.74. The molecule has 0 saturated carbocycles. The van der Waals surface area contributed by atoms with Crippen LogP contribution in [0.25, 0.3) is 22.0 Å². The molecule has 3 aromatic carbocycles. The molecule has 2 aromatic heterocycles. The zero-order valence-corrected chi connectivity index (χ0v) is 16.6. The summed E-state index contributed by atoms with van der Waals surface area (Å²) in [5.41, 5.74) is 2.10. The lowest BCUT2D eigenvalue weighted by molar-refractivity contribution is 0.358. The van der Waals surface area contributed by atoms with Gasteiger partial charge in [-0.15, -0.1) is 5.10 Å². The molecule has 2 heterocycles. The van der Waals surface area contributed by atoms with Gasteiger partial charge in [0.25, 0.3) is 5.56 Å². The van der Waals surface area contributed by atoms with Gasteiger partial charge < -0.3 is 9.26 Å². The van der Waals surface area contributed by atoms with E-state index in [1.807, 2.05) is 66.7 Å². The highest BCUT2D eigenvalue weighted by molar-refractivity contribution is 5.83. The first-order valence-electron chi connectivity index (χ1n) is 9.66. The Bertz CT molecular complexity index is 1410. The largest absolute Gasteiger partial charge is 0.457 e. The van der Waals surface area contributed by atoms with Gasteiger partial charge in [-0.2, -0.15) is 4.98 Å². The second-order valence-electron chi connectivity index (χ2n) is 6.96. The second kappa shape index (κ2) is 7.83. The van der Waals surface area contributed by atoms with Gasteiger partial charge in [0.2, 0.25) is 5.89 Å². The van der Waals surface area contributed by atoms with Crippen molar-refractivity contribution in [1.29, 1.82) is 0 Å². The van der Waals surface area contributed by atoms with Crippen LogP contribution >= 0.6 is 0 Å². The van der Waals surface area contributed by atoms with Crippen LogP contribution in [0.2, 0.25) is 0 Å². The molecule has 152 valence electrons. The third kappa shape index (κ3) is 3.91. The van der Waals surface area contributed by atoms with E-state index >= 15 is 0 Å². The molecule has 0 unspecified atom stereocenters. The van der Waals surface area contributed by atoms with E-state index in [1.54, 1.807) is 13.0 Å². The van der Waals surface area contributed by atoms with Crippen molar-refractivity contribution >= 4 is 10.9 Å². The van der Waals surface area contributed by atoms with Gasteiger partial charge in [-0.05, 0) is 54.4 Å². The smallest absolute Gasteiger partial charge is 0.278 e. The Morgan fingerprint density at radius 1 is 0.935 bits per heavy atom. The van der Waals surface area contributed by atoms with Crippen LogP contribution in [0.5, 0.6) is 11.5 Å². The van der Waals surface area contributed by atoms with Gasteiger partial charge in [0, 0.05) is 0 Å². The highest BCUT2D eigenvalue weighted by Gasteiger charge is 2.11. The molecule has 0 atom stereocenters. The zero-order valence-electron chi connectivity index (χ0n) is 16.6. The van der Waals surface area contributed by atoms with E-state index in [0.717, 1.165) is 22.6 Å². The van der Waals surface area contributed by atoms with Crippen molar-refractivity contribution in [2.45, 2.75) is 13.5 Å².